The standard InChI is InChI=1S/C16H25N7O7S2/c1-31-3-2-8(17)16(26)22-32(27,28)30-5-10-13(25)12(24)9(4-29-10)23-7-21-11-14(18)19-6-20-15(11)23/h6-10,12-13,24-25H,2-5,17H2,1H3,(H,22,26)(H2,18,19,20)/t8-,9+,10+,12-,13+/m0/s1. The third kappa shape index (κ3) is 5.45. The number of thioether (sulfide) groups is 1. The van der Waals surface area contributed by atoms with Crippen molar-refractivity contribution in [1.82, 2.24) is 24.2 Å². The number of hydrogen-bond donors (Lipinski definition) is 5. The predicted molar refractivity (Wildman–Crippen MR) is 115 cm³/mol. The molecule has 0 spiro atoms. The lowest BCUT2D eigenvalue weighted by atomic mass is 9.98. The molecule has 14 nitrogen and oxygen atoms in total. The average Bonchev–Trinajstić information content (AvgIpc) is 3.18. The zero-order chi connectivity index (χ0) is 23.5. The van der Waals surface area contributed by atoms with Crippen molar-refractivity contribution in [3.8, 4) is 0 Å². The van der Waals surface area contributed by atoms with E-state index in [1.54, 1.807) is 4.72 Å². The lowest BCUT2D eigenvalue weighted by Gasteiger charge is -2.37. The van der Waals surface area contributed by atoms with Crippen molar-refractivity contribution in [3.05, 3.63) is 12.7 Å². The van der Waals surface area contributed by atoms with Crippen LogP contribution in [0.5, 0.6) is 0 Å². The third-order valence-corrected chi connectivity index (χ3v) is 6.47. The fourth-order valence-corrected chi connectivity index (χ4v) is 4.39. The minimum atomic E-state index is -4.49. The fourth-order valence-electron chi connectivity index (χ4n) is 3.13. The first-order valence-electron chi connectivity index (χ1n) is 9.51. The Kier molecular flexibility index (Phi) is 7.86. The number of aromatic nitrogens is 4. The van der Waals surface area contributed by atoms with Gasteiger partial charge in [0.05, 0.1) is 31.6 Å². The Morgan fingerprint density at radius 1 is 1.41 bits per heavy atom. The van der Waals surface area contributed by atoms with Gasteiger partial charge < -0.3 is 31.0 Å². The van der Waals surface area contributed by atoms with Gasteiger partial charge in [0.2, 0.25) is 0 Å². The van der Waals surface area contributed by atoms with Crippen LogP contribution in [0.3, 0.4) is 0 Å². The van der Waals surface area contributed by atoms with Gasteiger partial charge in [-0.15, -0.1) is 0 Å². The number of fused-ring (bicyclic) bond motifs is 1. The number of nitrogens with two attached hydrogens (primary N) is 2. The summed E-state index contributed by atoms with van der Waals surface area (Å²) in [5.41, 5.74) is 12.1. The Hall–Kier alpha value is -2.08. The van der Waals surface area contributed by atoms with Gasteiger partial charge in [-0.05, 0) is 18.4 Å². The molecule has 1 amide bonds. The second kappa shape index (κ2) is 10.2. The summed E-state index contributed by atoms with van der Waals surface area (Å²) in [5.74, 6) is -0.161. The zero-order valence-corrected chi connectivity index (χ0v) is 18.7. The smallest absolute Gasteiger partial charge is 0.362 e. The molecule has 16 heteroatoms. The molecule has 32 heavy (non-hydrogen) atoms. The van der Waals surface area contributed by atoms with Crippen LogP contribution < -0.4 is 16.2 Å². The molecule has 0 saturated carbocycles. The molecular formula is C16H25N7O7S2. The molecule has 0 bridgehead atoms. The van der Waals surface area contributed by atoms with Crippen molar-refractivity contribution in [3.63, 3.8) is 0 Å². The van der Waals surface area contributed by atoms with E-state index < -0.39 is 53.2 Å². The summed E-state index contributed by atoms with van der Waals surface area (Å²) in [6.07, 6.45) is 0.718. The van der Waals surface area contributed by atoms with E-state index in [4.69, 9.17) is 20.4 Å². The molecule has 1 saturated heterocycles. The SMILES string of the molecule is CSCC[C@H](N)C(=O)NS(=O)(=O)OC[C@H]1OC[C@@H](n2cnc3c(N)ncnc32)[C@H](O)[C@@H]1O. The number of rotatable bonds is 9. The number of aliphatic hydroxyl groups is 2. The maximum atomic E-state index is 12.0. The Labute approximate surface area is 187 Å². The number of carbonyl (C=O) groups is 1. The van der Waals surface area contributed by atoms with Crippen molar-refractivity contribution in [2.24, 2.45) is 5.73 Å². The molecule has 2 aromatic rings. The van der Waals surface area contributed by atoms with Gasteiger partial charge in [-0.3, -0.25) is 8.98 Å². The average molecular weight is 492 g/mol. The number of hydrogen-bond acceptors (Lipinski definition) is 13. The number of aliphatic hydroxyl groups excluding tert-OH is 2. The number of nitrogen functional groups attached to an aromatic ring is 1. The topological polar surface area (TPSA) is 218 Å². The number of ether oxygens (including phenoxy) is 1. The maximum absolute atomic E-state index is 12.0. The summed E-state index contributed by atoms with van der Waals surface area (Å²) in [6.45, 7) is -0.735. The van der Waals surface area contributed by atoms with Crippen molar-refractivity contribution >= 4 is 45.0 Å². The molecule has 5 atom stereocenters. The van der Waals surface area contributed by atoms with Crippen LogP contribution in [0.1, 0.15) is 12.5 Å². The summed E-state index contributed by atoms with van der Waals surface area (Å²) in [7, 11) is -4.49. The fraction of sp³-hybridized carbons (Fsp3) is 0.625. The number of amides is 1. The van der Waals surface area contributed by atoms with E-state index in [9.17, 15) is 23.4 Å². The first kappa shape index (κ1) is 24.6. The Morgan fingerprint density at radius 2 is 2.16 bits per heavy atom. The van der Waals surface area contributed by atoms with Gasteiger partial charge in [-0.1, -0.05) is 0 Å². The summed E-state index contributed by atoms with van der Waals surface area (Å²) < 4.78 is 37.5. The number of carbonyl (C=O) groups excluding carboxylic acids is 1. The zero-order valence-electron chi connectivity index (χ0n) is 17.1. The van der Waals surface area contributed by atoms with Crippen molar-refractivity contribution in [1.29, 1.82) is 0 Å². The minimum absolute atomic E-state index is 0.104. The highest BCUT2D eigenvalue weighted by molar-refractivity contribution is 7.98. The van der Waals surface area contributed by atoms with E-state index in [2.05, 4.69) is 15.0 Å². The molecule has 0 radical (unpaired) electrons. The van der Waals surface area contributed by atoms with Crippen LogP contribution in [0.25, 0.3) is 11.2 Å². The molecule has 0 aromatic carbocycles. The second-order valence-corrected chi connectivity index (χ2v) is 9.43. The lowest BCUT2D eigenvalue weighted by Crippen LogP contribution is -2.53. The number of imidazole rings is 1. The maximum Gasteiger partial charge on any atom is 0.362 e. The molecule has 7 N–H and O–H groups in total. The van der Waals surface area contributed by atoms with Crippen molar-refractivity contribution in [2.45, 2.75) is 36.8 Å². The largest absolute Gasteiger partial charge is 0.388 e. The molecule has 178 valence electrons. The Morgan fingerprint density at radius 3 is 2.88 bits per heavy atom. The summed E-state index contributed by atoms with van der Waals surface area (Å²) >= 11 is 1.47. The normalized spacial score (nSPS) is 25.0. The van der Waals surface area contributed by atoms with Crippen LogP contribution >= 0.6 is 11.8 Å². The van der Waals surface area contributed by atoms with Gasteiger partial charge in [0.1, 0.15) is 30.2 Å². The summed E-state index contributed by atoms with van der Waals surface area (Å²) in [4.78, 5) is 23.9. The van der Waals surface area contributed by atoms with Gasteiger partial charge in [-0.2, -0.15) is 20.2 Å². The third-order valence-electron chi connectivity index (χ3n) is 4.93. The lowest BCUT2D eigenvalue weighted by molar-refractivity contribution is -0.166. The van der Waals surface area contributed by atoms with Crippen molar-refractivity contribution < 1.29 is 32.3 Å². The van der Waals surface area contributed by atoms with Crippen LogP contribution in [0.4, 0.5) is 5.82 Å². The van der Waals surface area contributed by atoms with Crippen LogP contribution in [0.2, 0.25) is 0 Å². The molecule has 1 aliphatic heterocycles. The molecular weight excluding hydrogens is 466 g/mol. The minimum Gasteiger partial charge on any atom is -0.388 e. The summed E-state index contributed by atoms with van der Waals surface area (Å²) in [5, 5.41) is 21.0. The number of anilines is 1. The molecule has 3 rings (SSSR count). The Bertz CT molecular complexity index is 1050. The highest BCUT2D eigenvalue weighted by Gasteiger charge is 2.41. The summed E-state index contributed by atoms with van der Waals surface area (Å²) in [6, 6.07) is -1.78. The molecule has 0 unspecified atom stereocenters. The first-order chi connectivity index (χ1) is 15.1. The first-order valence-corrected chi connectivity index (χ1v) is 12.3. The Balaban J connectivity index is 1.60. The van der Waals surface area contributed by atoms with Gasteiger partial charge in [0.15, 0.2) is 11.5 Å². The van der Waals surface area contributed by atoms with Crippen LogP contribution in [-0.4, -0.2) is 93.6 Å². The van der Waals surface area contributed by atoms with E-state index in [0.717, 1.165) is 0 Å². The second-order valence-electron chi connectivity index (χ2n) is 7.10. The molecule has 2 aromatic heterocycles. The molecule has 1 fully saturated rings. The number of nitrogens with zero attached hydrogens (tertiary/aromatic N) is 4. The highest BCUT2D eigenvalue weighted by atomic mass is 32.2. The molecule has 0 aliphatic carbocycles. The van der Waals surface area contributed by atoms with E-state index >= 15 is 0 Å². The van der Waals surface area contributed by atoms with E-state index in [0.29, 0.717) is 23.3 Å². The van der Waals surface area contributed by atoms with E-state index in [-0.39, 0.29) is 12.4 Å². The molecule has 1 aliphatic rings. The van der Waals surface area contributed by atoms with E-state index in [1.165, 1.54) is 29.0 Å². The van der Waals surface area contributed by atoms with Crippen LogP contribution in [0, 0.1) is 0 Å². The highest BCUT2D eigenvalue weighted by Crippen LogP contribution is 2.28. The van der Waals surface area contributed by atoms with Crippen LogP contribution in [0.15, 0.2) is 12.7 Å². The van der Waals surface area contributed by atoms with Crippen molar-refractivity contribution in [2.75, 3.05) is 31.0 Å². The van der Waals surface area contributed by atoms with Gasteiger partial charge in [0, 0.05) is 0 Å². The predicted octanol–water partition coefficient (Wildman–Crippen LogP) is -2.47. The van der Waals surface area contributed by atoms with Crippen LogP contribution in [-0.2, 0) is 24.0 Å². The van der Waals surface area contributed by atoms with Gasteiger partial charge in [0.25, 0.3) is 5.91 Å². The van der Waals surface area contributed by atoms with Gasteiger partial charge >= 0.3 is 10.3 Å². The van der Waals surface area contributed by atoms with Gasteiger partial charge in [-0.25, -0.2) is 19.7 Å². The van der Waals surface area contributed by atoms with E-state index in [1.807, 2.05) is 6.26 Å². The quantitative estimate of drug-likeness (QED) is 0.246. The number of nitrogens with one attached hydrogen (secondary N) is 1. The monoisotopic (exact) mass is 491 g/mol. The molecule has 3 heterocycles.